The molecule has 152 valence electrons. The zero-order valence-electron chi connectivity index (χ0n) is 17.0. The quantitative estimate of drug-likeness (QED) is 0.597. The second-order valence-electron chi connectivity index (χ2n) is 7.54. The lowest BCUT2D eigenvalue weighted by Crippen LogP contribution is -2.45. The summed E-state index contributed by atoms with van der Waals surface area (Å²) in [6.45, 7) is 3.66. The largest absolute Gasteiger partial charge is 0.371 e. The summed E-state index contributed by atoms with van der Waals surface area (Å²) in [6, 6.07) is 19.6. The third-order valence-corrected chi connectivity index (χ3v) is 5.87. The molecule has 4 rings (SSSR count). The molecule has 0 bridgehead atoms. The Hall–Kier alpha value is -2.59. The molecule has 1 fully saturated rings. The maximum atomic E-state index is 11.9. The molecular weight excluding hydrogens is 382 g/mol. The summed E-state index contributed by atoms with van der Waals surface area (Å²) >= 11 is 0. The van der Waals surface area contributed by atoms with E-state index in [0.717, 1.165) is 42.4 Å². The Labute approximate surface area is 179 Å². The van der Waals surface area contributed by atoms with Crippen LogP contribution in [0.3, 0.4) is 0 Å². The number of nitrogens with zero attached hydrogens (tertiary/aromatic N) is 3. The molecule has 1 aromatic heterocycles. The fraction of sp³-hybridized carbons (Fsp3) is 0.333. The monoisotopic (exact) mass is 409 g/mol. The van der Waals surface area contributed by atoms with Gasteiger partial charge in [0.2, 0.25) is 5.91 Å². The summed E-state index contributed by atoms with van der Waals surface area (Å²) in [5.74, 6) is 0.273. The van der Waals surface area contributed by atoms with E-state index in [4.69, 9.17) is 0 Å². The van der Waals surface area contributed by atoms with E-state index in [1.807, 2.05) is 36.2 Å². The van der Waals surface area contributed by atoms with E-state index >= 15 is 0 Å². The molecule has 2 heterocycles. The molecule has 0 spiro atoms. The Morgan fingerprint density at radius 2 is 1.76 bits per heavy atom. The molecule has 1 amide bonds. The highest BCUT2D eigenvalue weighted by atomic mass is 35.5. The van der Waals surface area contributed by atoms with Crippen LogP contribution in [0, 0.1) is 0 Å². The average Bonchev–Trinajstić information content (AvgIpc) is 2.78. The number of likely N-dealkylation sites (tertiary alicyclic amines) is 1. The summed E-state index contributed by atoms with van der Waals surface area (Å²) in [6.07, 6.45) is 4.60. The van der Waals surface area contributed by atoms with Crippen molar-refractivity contribution < 1.29 is 4.79 Å². The van der Waals surface area contributed by atoms with Gasteiger partial charge >= 0.3 is 0 Å². The van der Waals surface area contributed by atoms with Crippen molar-refractivity contribution in [3.05, 3.63) is 60.8 Å². The van der Waals surface area contributed by atoms with Gasteiger partial charge in [-0.2, -0.15) is 0 Å². The lowest BCUT2D eigenvalue weighted by molar-refractivity contribution is -0.131. The molecule has 0 radical (unpaired) electrons. The number of carbonyl (C=O) groups excluding carboxylic acids is 1. The van der Waals surface area contributed by atoms with Crippen molar-refractivity contribution in [3.63, 3.8) is 0 Å². The van der Waals surface area contributed by atoms with E-state index in [1.165, 1.54) is 11.3 Å². The number of halogens is 1. The van der Waals surface area contributed by atoms with E-state index in [2.05, 4.69) is 53.3 Å². The van der Waals surface area contributed by atoms with Crippen molar-refractivity contribution in [1.82, 2.24) is 9.88 Å². The van der Waals surface area contributed by atoms with E-state index in [9.17, 15) is 4.79 Å². The molecule has 29 heavy (non-hydrogen) atoms. The van der Waals surface area contributed by atoms with E-state index in [-0.39, 0.29) is 18.3 Å². The molecule has 0 saturated carbocycles. The molecule has 0 unspecified atom stereocenters. The molecule has 0 N–H and O–H groups in total. The van der Waals surface area contributed by atoms with Crippen LogP contribution < -0.4 is 4.90 Å². The first kappa shape index (κ1) is 21.1. The van der Waals surface area contributed by atoms with E-state index in [1.54, 1.807) is 0 Å². The topological polar surface area (TPSA) is 36.4 Å². The van der Waals surface area contributed by atoms with Gasteiger partial charge in [-0.3, -0.25) is 9.78 Å². The third-order valence-electron chi connectivity index (χ3n) is 5.87. The van der Waals surface area contributed by atoms with Gasteiger partial charge in [-0.25, -0.2) is 0 Å². The van der Waals surface area contributed by atoms with Crippen molar-refractivity contribution in [2.24, 2.45) is 0 Å². The third kappa shape index (κ3) is 4.54. The van der Waals surface area contributed by atoms with Crippen LogP contribution in [0.15, 0.2) is 60.8 Å². The number of anilines is 1. The van der Waals surface area contributed by atoms with Gasteiger partial charge in [0, 0.05) is 55.4 Å². The van der Waals surface area contributed by atoms with Crippen molar-refractivity contribution in [2.75, 3.05) is 25.0 Å². The highest BCUT2D eigenvalue weighted by Gasteiger charge is 2.24. The summed E-state index contributed by atoms with van der Waals surface area (Å²) in [7, 11) is 2.16. The Kier molecular flexibility index (Phi) is 6.75. The number of carbonyl (C=O) groups is 1. The summed E-state index contributed by atoms with van der Waals surface area (Å²) in [5, 5.41) is 1.16. The molecule has 2 aromatic carbocycles. The SMILES string of the molecule is CCC(=O)N1CCC(N(C)c2ccc(-c3cnc4ccccc4c3)cc2)CC1.Cl. The van der Waals surface area contributed by atoms with Gasteiger partial charge in [-0.05, 0) is 42.7 Å². The minimum Gasteiger partial charge on any atom is -0.371 e. The molecule has 4 nitrogen and oxygen atoms in total. The molecule has 1 aliphatic heterocycles. The number of pyridine rings is 1. The van der Waals surface area contributed by atoms with Crippen LogP contribution in [-0.4, -0.2) is 42.0 Å². The number of rotatable bonds is 4. The predicted molar refractivity (Wildman–Crippen MR) is 123 cm³/mol. The number of amides is 1. The van der Waals surface area contributed by atoms with Gasteiger partial charge < -0.3 is 9.80 Å². The number of fused-ring (bicyclic) bond motifs is 1. The first-order valence-electron chi connectivity index (χ1n) is 10.1. The zero-order chi connectivity index (χ0) is 19.5. The van der Waals surface area contributed by atoms with Gasteiger partial charge in [0.15, 0.2) is 0 Å². The standard InChI is InChI=1S/C24H27N3O.ClH/c1-3-24(28)27-14-12-22(13-15-27)26(2)21-10-8-18(9-11-21)20-16-19-6-4-5-7-23(19)25-17-20;/h4-11,16-17,22H,3,12-15H2,1-2H3;1H. The Morgan fingerprint density at radius 1 is 1.07 bits per heavy atom. The van der Waals surface area contributed by atoms with Crippen molar-refractivity contribution in [1.29, 1.82) is 0 Å². The second-order valence-corrected chi connectivity index (χ2v) is 7.54. The fourth-order valence-corrected chi connectivity index (χ4v) is 4.05. The Bertz CT molecular complexity index is 965. The minimum absolute atomic E-state index is 0. The maximum Gasteiger partial charge on any atom is 0.222 e. The van der Waals surface area contributed by atoms with Gasteiger partial charge in [0.25, 0.3) is 0 Å². The lowest BCUT2D eigenvalue weighted by atomic mass is 10.0. The van der Waals surface area contributed by atoms with Gasteiger partial charge in [-0.1, -0.05) is 37.3 Å². The van der Waals surface area contributed by atoms with Crippen LogP contribution in [0.1, 0.15) is 26.2 Å². The van der Waals surface area contributed by atoms with Crippen LogP contribution in [0.4, 0.5) is 5.69 Å². The molecule has 1 saturated heterocycles. The van der Waals surface area contributed by atoms with Gasteiger partial charge in [-0.15, -0.1) is 12.4 Å². The predicted octanol–water partition coefficient (Wildman–Crippen LogP) is 5.16. The number of aromatic nitrogens is 1. The number of hydrogen-bond donors (Lipinski definition) is 0. The molecule has 5 heteroatoms. The Morgan fingerprint density at radius 3 is 2.45 bits per heavy atom. The zero-order valence-corrected chi connectivity index (χ0v) is 17.9. The normalized spacial score (nSPS) is 14.5. The number of hydrogen-bond acceptors (Lipinski definition) is 3. The van der Waals surface area contributed by atoms with Gasteiger partial charge in [0.1, 0.15) is 0 Å². The fourth-order valence-electron chi connectivity index (χ4n) is 4.05. The first-order chi connectivity index (χ1) is 13.7. The van der Waals surface area contributed by atoms with E-state index < -0.39 is 0 Å². The smallest absolute Gasteiger partial charge is 0.222 e. The molecular formula is C24H28ClN3O. The summed E-state index contributed by atoms with van der Waals surface area (Å²) < 4.78 is 0. The molecule has 1 aliphatic rings. The van der Waals surface area contributed by atoms with Crippen molar-refractivity contribution in [2.45, 2.75) is 32.2 Å². The van der Waals surface area contributed by atoms with Crippen LogP contribution in [0.5, 0.6) is 0 Å². The molecule has 0 aliphatic carbocycles. The summed E-state index contributed by atoms with van der Waals surface area (Å²) in [4.78, 5) is 20.8. The number of piperidine rings is 1. The maximum absolute atomic E-state index is 11.9. The second kappa shape index (κ2) is 9.27. The lowest BCUT2D eigenvalue weighted by Gasteiger charge is -2.37. The highest BCUT2D eigenvalue weighted by molar-refractivity contribution is 5.85. The van der Waals surface area contributed by atoms with Crippen molar-refractivity contribution >= 4 is 34.9 Å². The van der Waals surface area contributed by atoms with Crippen LogP contribution in [0.2, 0.25) is 0 Å². The van der Waals surface area contributed by atoms with Crippen LogP contribution >= 0.6 is 12.4 Å². The van der Waals surface area contributed by atoms with Crippen LogP contribution in [-0.2, 0) is 4.79 Å². The molecule has 3 aromatic rings. The first-order valence-corrected chi connectivity index (χ1v) is 10.1. The number of benzene rings is 2. The van der Waals surface area contributed by atoms with Crippen molar-refractivity contribution in [3.8, 4) is 11.1 Å². The Balaban J connectivity index is 0.00000240. The highest BCUT2D eigenvalue weighted by Crippen LogP contribution is 2.27. The van der Waals surface area contributed by atoms with Gasteiger partial charge in [0.05, 0.1) is 5.52 Å². The summed E-state index contributed by atoms with van der Waals surface area (Å²) in [5.41, 5.74) is 4.56. The molecule has 0 atom stereocenters. The average molecular weight is 410 g/mol. The minimum atomic E-state index is 0. The van der Waals surface area contributed by atoms with E-state index in [0.29, 0.717) is 12.5 Å². The van der Waals surface area contributed by atoms with Crippen LogP contribution in [0.25, 0.3) is 22.0 Å². The number of para-hydroxylation sites is 1.